The van der Waals surface area contributed by atoms with E-state index in [1.807, 2.05) is 18.2 Å². The Morgan fingerprint density at radius 1 is 1.17 bits per heavy atom. The Morgan fingerprint density at radius 2 is 1.96 bits per heavy atom. The van der Waals surface area contributed by atoms with Crippen LogP contribution in [0.3, 0.4) is 0 Å². The van der Waals surface area contributed by atoms with E-state index in [2.05, 4.69) is 48.4 Å². The normalized spacial score (nSPS) is 10.7. The van der Waals surface area contributed by atoms with E-state index in [0.29, 0.717) is 18.9 Å². The van der Waals surface area contributed by atoms with Crippen LogP contribution < -0.4 is 5.32 Å². The van der Waals surface area contributed by atoms with Gasteiger partial charge in [0.15, 0.2) is 0 Å². The molecule has 0 bridgehead atoms. The average molecular weight is 347 g/mol. The summed E-state index contributed by atoms with van der Waals surface area (Å²) in [6.07, 6.45) is 2.30. The quantitative estimate of drug-likeness (QED) is 0.558. The first-order valence-corrected chi connectivity index (χ1v) is 10.0. The van der Waals surface area contributed by atoms with Crippen LogP contribution in [0.25, 0.3) is 0 Å². The van der Waals surface area contributed by atoms with Gasteiger partial charge in [-0.3, -0.25) is 4.79 Å². The highest BCUT2D eigenvalue weighted by Gasteiger charge is 2.03. The Kier molecular flexibility index (Phi) is 7.49. The Hall–Kier alpha value is -1.46. The number of pyridine rings is 1. The van der Waals surface area contributed by atoms with Crippen molar-refractivity contribution >= 4 is 27.5 Å². The van der Waals surface area contributed by atoms with Gasteiger partial charge >= 0.3 is 0 Å². The lowest BCUT2D eigenvalue weighted by molar-refractivity contribution is -0.120. The molecule has 1 heterocycles. The first-order valence-electron chi connectivity index (χ1n) is 7.71. The molecule has 0 atom stereocenters. The fourth-order valence-corrected chi connectivity index (χ4v) is 3.81. The van der Waals surface area contributed by atoms with E-state index >= 15 is 0 Å². The third-order valence-corrected chi connectivity index (χ3v) is 5.60. The summed E-state index contributed by atoms with van der Waals surface area (Å²) in [6.45, 7) is 4.95. The van der Waals surface area contributed by atoms with Crippen molar-refractivity contribution in [3.8, 4) is 0 Å². The van der Waals surface area contributed by atoms with Gasteiger partial charge in [0.25, 0.3) is 0 Å². The fraction of sp³-hybridized carbons (Fsp3) is 0.333. The largest absolute Gasteiger partial charge is 0.352 e. The zero-order chi connectivity index (χ0) is 16.5. The van der Waals surface area contributed by atoms with Crippen LogP contribution >= 0.6 is 21.6 Å². The number of amides is 1. The molecule has 1 N–H and O–H groups in total. The molecule has 0 saturated carbocycles. The second-order valence-electron chi connectivity index (χ2n) is 5.50. The van der Waals surface area contributed by atoms with Crippen molar-refractivity contribution in [2.24, 2.45) is 0 Å². The minimum absolute atomic E-state index is 0.0899. The fourth-order valence-electron chi connectivity index (χ4n) is 1.94. The monoisotopic (exact) mass is 346 g/mol. The molecule has 122 valence electrons. The van der Waals surface area contributed by atoms with Crippen molar-refractivity contribution in [1.29, 1.82) is 0 Å². The molecule has 2 rings (SSSR count). The molecule has 0 aliphatic heterocycles. The van der Waals surface area contributed by atoms with Gasteiger partial charge in [-0.05, 0) is 40.0 Å². The third-order valence-electron chi connectivity index (χ3n) is 3.33. The maximum absolute atomic E-state index is 11.9. The molecule has 5 heteroatoms. The number of nitrogens with zero attached hydrogens (tertiary/aromatic N) is 1. The minimum atomic E-state index is 0.0899. The zero-order valence-corrected chi connectivity index (χ0v) is 15.1. The van der Waals surface area contributed by atoms with Gasteiger partial charge in [-0.1, -0.05) is 55.0 Å². The number of carbonyl (C=O) groups is 1. The highest BCUT2D eigenvalue weighted by atomic mass is 33.1. The predicted octanol–water partition coefficient (Wildman–Crippen LogP) is 4.65. The van der Waals surface area contributed by atoms with E-state index < -0.39 is 0 Å². The van der Waals surface area contributed by atoms with Gasteiger partial charge in [0.2, 0.25) is 5.91 Å². The summed E-state index contributed by atoms with van der Waals surface area (Å²) >= 11 is 0. The molecule has 0 aliphatic carbocycles. The smallest absolute Gasteiger partial charge is 0.221 e. The SMILES string of the molecule is CC(C)c1ccc(CNC(=O)CCSSc2ccccn2)cc1. The molecule has 0 saturated heterocycles. The highest BCUT2D eigenvalue weighted by Crippen LogP contribution is 2.29. The molecule has 0 aliphatic rings. The Labute approximate surface area is 146 Å². The number of hydrogen-bond donors (Lipinski definition) is 1. The lowest BCUT2D eigenvalue weighted by Crippen LogP contribution is -2.22. The molecule has 23 heavy (non-hydrogen) atoms. The van der Waals surface area contributed by atoms with Gasteiger partial charge in [-0.2, -0.15) is 0 Å². The van der Waals surface area contributed by atoms with E-state index in [1.165, 1.54) is 5.56 Å². The molecular formula is C18H22N2OS2. The van der Waals surface area contributed by atoms with Crippen molar-refractivity contribution in [2.75, 3.05) is 5.75 Å². The van der Waals surface area contributed by atoms with Crippen LogP contribution in [0.1, 0.15) is 37.3 Å². The van der Waals surface area contributed by atoms with E-state index in [0.717, 1.165) is 16.3 Å². The van der Waals surface area contributed by atoms with Gasteiger partial charge in [-0.25, -0.2) is 4.98 Å². The van der Waals surface area contributed by atoms with Gasteiger partial charge in [0.1, 0.15) is 5.03 Å². The number of benzene rings is 1. The molecule has 1 aromatic carbocycles. The van der Waals surface area contributed by atoms with Crippen molar-refractivity contribution in [2.45, 2.75) is 37.8 Å². The lowest BCUT2D eigenvalue weighted by atomic mass is 10.0. The molecule has 0 unspecified atom stereocenters. The molecule has 1 aromatic heterocycles. The summed E-state index contributed by atoms with van der Waals surface area (Å²) < 4.78 is 0. The van der Waals surface area contributed by atoms with Crippen LogP contribution in [0, 0.1) is 0 Å². The summed E-state index contributed by atoms with van der Waals surface area (Å²) in [6, 6.07) is 14.3. The first-order chi connectivity index (χ1) is 11.1. The molecule has 0 spiro atoms. The number of carbonyl (C=O) groups excluding carboxylic acids is 1. The van der Waals surface area contributed by atoms with Crippen molar-refractivity contribution in [3.63, 3.8) is 0 Å². The van der Waals surface area contributed by atoms with Crippen molar-refractivity contribution in [1.82, 2.24) is 10.3 Å². The van der Waals surface area contributed by atoms with Crippen LogP contribution in [0.4, 0.5) is 0 Å². The van der Waals surface area contributed by atoms with Crippen molar-refractivity contribution < 1.29 is 4.79 Å². The average Bonchev–Trinajstić information content (AvgIpc) is 2.58. The molecule has 0 fully saturated rings. The Balaban J connectivity index is 1.63. The van der Waals surface area contributed by atoms with E-state index in [9.17, 15) is 4.79 Å². The molecule has 2 aromatic rings. The van der Waals surface area contributed by atoms with Crippen molar-refractivity contribution in [3.05, 3.63) is 59.8 Å². The van der Waals surface area contributed by atoms with Crippen LogP contribution in [-0.4, -0.2) is 16.6 Å². The standard InChI is InChI=1S/C18H22N2OS2/c1-14(2)16-8-6-15(7-9-16)13-20-17(21)10-12-22-23-18-5-3-4-11-19-18/h3-9,11,14H,10,12-13H2,1-2H3,(H,20,21). The summed E-state index contributed by atoms with van der Waals surface area (Å²) in [5, 5.41) is 3.94. The number of nitrogens with one attached hydrogen (secondary N) is 1. The third kappa shape index (κ3) is 6.67. The van der Waals surface area contributed by atoms with E-state index in [1.54, 1.807) is 27.8 Å². The van der Waals surface area contributed by atoms with Crippen LogP contribution in [0.2, 0.25) is 0 Å². The Bertz CT molecular complexity index is 600. The van der Waals surface area contributed by atoms with Crippen LogP contribution in [-0.2, 0) is 11.3 Å². The van der Waals surface area contributed by atoms with Crippen LogP contribution in [0.5, 0.6) is 0 Å². The lowest BCUT2D eigenvalue weighted by Gasteiger charge is -2.08. The number of aromatic nitrogens is 1. The summed E-state index contributed by atoms with van der Waals surface area (Å²) in [7, 11) is 3.26. The Morgan fingerprint density at radius 3 is 2.61 bits per heavy atom. The van der Waals surface area contributed by atoms with Gasteiger partial charge in [0.05, 0.1) is 0 Å². The van der Waals surface area contributed by atoms with Gasteiger partial charge in [0, 0.05) is 24.9 Å². The second kappa shape index (κ2) is 9.63. The summed E-state index contributed by atoms with van der Waals surface area (Å²) in [5.74, 6) is 1.40. The second-order valence-corrected chi connectivity index (χ2v) is 7.93. The number of hydrogen-bond acceptors (Lipinski definition) is 4. The van der Waals surface area contributed by atoms with Crippen LogP contribution in [0.15, 0.2) is 53.7 Å². The van der Waals surface area contributed by atoms with E-state index in [4.69, 9.17) is 0 Å². The van der Waals surface area contributed by atoms with E-state index in [-0.39, 0.29) is 5.91 Å². The molecule has 1 amide bonds. The maximum atomic E-state index is 11.9. The first kappa shape index (κ1) is 17.9. The minimum Gasteiger partial charge on any atom is -0.352 e. The molecule has 0 radical (unpaired) electrons. The predicted molar refractivity (Wildman–Crippen MR) is 99.5 cm³/mol. The maximum Gasteiger partial charge on any atom is 0.221 e. The van der Waals surface area contributed by atoms with Gasteiger partial charge < -0.3 is 5.32 Å². The summed E-state index contributed by atoms with van der Waals surface area (Å²) in [5.41, 5.74) is 2.46. The zero-order valence-electron chi connectivity index (χ0n) is 13.5. The molecule has 3 nitrogen and oxygen atoms in total. The summed E-state index contributed by atoms with van der Waals surface area (Å²) in [4.78, 5) is 16.1. The topological polar surface area (TPSA) is 42.0 Å². The number of rotatable bonds is 8. The highest BCUT2D eigenvalue weighted by molar-refractivity contribution is 8.76. The molecular weight excluding hydrogens is 324 g/mol. The van der Waals surface area contributed by atoms with Gasteiger partial charge in [-0.15, -0.1) is 0 Å².